The molecule has 0 bridgehead atoms. The molecule has 0 fully saturated rings. The molecule has 0 aliphatic carbocycles. The molecule has 0 saturated heterocycles. The molecule has 0 aliphatic rings. The first-order chi connectivity index (χ1) is 17.2. The third-order valence-electron chi connectivity index (χ3n) is 5.27. The van der Waals surface area contributed by atoms with Gasteiger partial charge < -0.3 is 14.5 Å². The molecule has 0 spiro atoms. The van der Waals surface area contributed by atoms with E-state index < -0.39 is 34.8 Å². The highest BCUT2D eigenvalue weighted by molar-refractivity contribution is 9.10. The minimum atomic E-state index is -5.81. The van der Waals surface area contributed by atoms with Crippen molar-refractivity contribution in [3.8, 4) is 0 Å². The number of hydrogen-bond acceptors (Lipinski definition) is 5. The van der Waals surface area contributed by atoms with Crippen LogP contribution < -0.4 is 0 Å². The second-order valence-electron chi connectivity index (χ2n) is 7.79. The van der Waals surface area contributed by atoms with Crippen molar-refractivity contribution in [3.05, 3.63) is 98.5 Å². The van der Waals surface area contributed by atoms with Gasteiger partial charge in [-0.1, -0.05) is 63.9 Å². The van der Waals surface area contributed by atoms with E-state index in [-0.39, 0.29) is 38.6 Å². The maximum Gasteiger partial charge on any atom is 0.399 e. The van der Waals surface area contributed by atoms with Gasteiger partial charge in [-0.3, -0.25) is 4.57 Å². The van der Waals surface area contributed by atoms with Crippen molar-refractivity contribution in [1.82, 2.24) is 4.31 Å². The zero-order valence-electron chi connectivity index (χ0n) is 19.0. The average molecular weight is 639 g/mol. The fourth-order valence-electron chi connectivity index (χ4n) is 3.35. The van der Waals surface area contributed by atoms with Gasteiger partial charge in [-0.2, -0.15) is 13.1 Å². The van der Waals surface area contributed by atoms with Gasteiger partial charge in [0.15, 0.2) is 0 Å². The van der Waals surface area contributed by atoms with Crippen molar-refractivity contribution < 1.29 is 41.1 Å². The molecule has 3 aromatic rings. The van der Waals surface area contributed by atoms with E-state index in [1.165, 1.54) is 37.4 Å². The first-order valence-electron chi connectivity index (χ1n) is 10.3. The van der Waals surface area contributed by atoms with Crippen LogP contribution in [0.1, 0.15) is 27.0 Å². The average Bonchev–Trinajstić information content (AvgIpc) is 2.83. The Balaban J connectivity index is 2.02. The second kappa shape index (κ2) is 11.3. The highest BCUT2D eigenvalue weighted by atomic mass is 79.9. The number of carbonyl (C=O) groups excluding carboxylic acids is 1. The number of ether oxygens (including phenoxy) is 1. The van der Waals surface area contributed by atoms with Crippen LogP contribution in [0, 0.1) is 0 Å². The molecule has 8 nitrogen and oxygen atoms in total. The van der Waals surface area contributed by atoms with Crippen LogP contribution in [0.4, 0.5) is 8.78 Å². The normalized spacial score (nSPS) is 12.5. The lowest BCUT2D eigenvalue weighted by Gasteiger charge is -2.24. The summed E-state index contributed by atoms with van der Waals surface area (Å²) >= 11 is 9.06. The van der Waals surface area contributed by atoms with E-state index in [2.05, 4.69) is 20.7 Å². The van der Waals surface area contributed by atoms with E-state index in [1.54, 1.807) is 18.2 Å². The molecule has 198 valence electrons. The number of hydrogen-bond donors (Lipinski definition) is 2. The summed E-state index contributed by atoms with van der Waals surface area (Å²) in [5.41, 5.74) is -4.37. The summed E-state index contributed by atoms with van der Waals surface area (Å²) < 4.78 is 72.3. The molecular formula is C23H20BrClF2NO7PS. The van der Waals surface area contributed by atoms with Crippen LogP contribution in [0.3, 0.4) is 0 Å². The van der Waals surface area contributed by atoms with Gasteiger partial charge in [-0.15, -0.1) is 0 Å². The summed E-state index contributed by atoms with van der Waals surface area (Å²) in [6, 6.07) is 15.0. The number of nitrogens with zero attached hydrogens (tertiary/aromatic N) is 1. The molecule has 0 radical (unpaired) electrons. The minimum absolute atomic E-state index is 0.0219. The molecule has 0 aromatic heterocycles. The Morgan fingerprint density at radius 2 is 1.62 bits per heavy atom. The smallest absolute Gasteiger partial charge is 0.399 e. The fraction of sp³-hybridized carbons (Fsp3) is 0.174. The summed E-state index contributed by atoms with van der Waals surface area (Å²) in [6.07, 6.45) is 0. The third kappa shape index (κ3) is 6.46. The fourth-order valence-corrected chi connectivity index (χ4v) is 6.59. The molecule has 2 N–H and O–H groups in total. The van der Waals surface area contributed by atoms with Crippen molar-refractivity contribution in [2.75, 3.05) is 7.11 Å². The predicted molar refractivity (Wildman–Crippen MR) is 136 cm³/mol. The zero-order chi connectivity index (χ0) is 27.6. The Labute approximate surface area is 225 Å². The van der Waals surface area contributed by atoms with Crippen LogP contribution >= 0.6 is 35.1 Å². The lowest BCUT2D eigenvalue weighted by molar-refractivity contribution is 0.0557. The van der Waals surface area contributed by atoms with Gasteiger partial charge in [-0.25, -0.2) is 13.2 Å². The SMILES string of the molecule is COC(=O)c1ccc(CN(Cc2ccc(C(F)(F)P(=O)(O)O)c(Br)c2)S(=O)(=O)c2ccccc2Cl)cc1. The van der Waals surface area contributed by atoms with Crippen molar-refractivity contribution in [3.63, 3.8) is 0 Å². The molecule has 0 amide bonds. The standard InChI is InChI=1S/C23H20BrClF2NO7PS/c1-35-22(29)17-9-6-15(7-10-17)13-28(37(33,34)21-5-3-2-4-20(21)25)14-16-8-11-18(19(24)12-16)23(26,27)36(30,31)32/h2-12H,13-14H2,1H3,(H2,30,31,32). The van der Waals surface area contributed by atoms with Crippen LogP contribution in [-0.4, -0.2) is 35.6 Å². The highest BCUT2D eigenvalue weighted by Crippen LogP contribution is 2.60. The van der Waals surface area contributed by atoms with Crippen LogP contribution in [0.15, 0.2) is 76.1 Å². The van der Waals surface area contributed by atoms with Crippen LogP contribution in [0.5, 0.6) is 0 Å². The van der Waals surface area contributed by atoms with Gasteiger partial charge in [0, 0.05) is 23.1 Å². The summed E-state index contributed by atoms with van der Waals surface area (Å²) in [5.74, 6) is -0.566. The predicted octanol–water partition coefficient (Wildman–Crippen LogP) is 5.51. The molecule has 0 saturated carbocycles. The highest BCUT2D eigenvalue weighted by Gasteiger charge is 2.51. The number of alkyl halides is 2. The Hall–Kier alpha value is -2.18. The zero-order valence-corrected chi connectivity index (χ0v) is 23.1. The van der Waals surface area contributed by atoms with E-state index in [0.29, 0.717) is 5.56 Å². The van der Waals surface area contributed by atoms with Gasteiger partial charge in [-0.05, 0) is 41.5 Å². The van der Waals surface area contributed by atoms with Gasteiger partial charge in [0.2, 0.25) is 10.0 Å². The number of carbonyl (C=O) groups is 1. The summed E-state index contributed by atoms with van der Waals surface area (Å²) in [6.45, 7) is -0.473. The maximum absolute atomic E-state index is 14.2. The maximum atomic E-state index is 14.2. The first-order valence-corrected chi connectivity index (χ1v) is 14.5. The summed E-state index contributed by atoms with van der Waals surface area (Å²) in [4.78, 5) is 29.6. The van der Waals surface area contributed by atoms with Crippen molar-refractivity contribution in [2.24, 2.45) is 0 Å². The molecule has 0 unspecified atom stereocenters. The quantitative estimate of drug-likeness (QED) is 0.234. The van der Waals surface area contributed by atoms with Crippen LogP contribution in [0.2, 0.25) is 5.02 Å². The number of sulfonamides is 1. The van der Waals surface area contributed by atoms with E-state index in [4.69, 9.17) is 21.4 Å². The molecule has 0 atom stereocenters. The summed E-state index contributed by atoms with van der Waals surface area (Å²) in [5, 5.41) is -0.0219. The van der Waals surface area contributed by atoms with Crippen LogP contribution in [0.25, 0.3) is 0 Å². The molecule has 0 heterocycles. The van der Waals surface area contributed by atoms with Gasteiger partial charge in [0.1, 0.15) is 4.90 Å². The number of benzene rings is 3. The molecular weight excluding hydrogens is 619 g/mol. The Bertz CT molecular complexity index is 1470. The lowest BCUT2D eigenvalue weighted by atomic mass is 10.1. The largest absolute Gasteiger partial charge is 0.465 e. The number of rotatable bonds is 9. The molecule has 3 aromatic carbocycles. The molecule has 14 heteroatoms. The lowest BCUT2D eigenvalue weighted by Crippen LogP contribution is -2.30. The van der Waals surface area contributed by atoms with E-state index >= 15 is 0 Å². The van der Waals surface area contributed by atoms with E-state index in [1.807, 2.05) is 0 Å². The molecule has 37 heavy (non-hydrogen) atoms. The Kier molecular flexibility index (Phi) is 8.96. The topological polar surface area (TPSA) is 121 Å². The Morgan fingerprint density at radius 1 is 1.05 bits per heavy atom. The number of esters is 1. The monoisotopic (exact) mass is 637 g/mol. The second-order valence-corrected chi connectivity index (χ2v) is 12.6. The third-order valence-corrected chi connectivity index (χ3v) is 9.19. The first kappa shape index (κ1) is 29.4. The van der Waals surface area contributed by atoms with Crippen molar-refractivity contribution in [1.29, 1.82) is 0 Å². The van der Waals surface area contributed by atoms with Gasteiger partial charge in [0.25, 0.3) is 0 Å². The molecule has 0 aliphatic heterocycles. The van der Waals surface area contributed by atoms with Crippen molar-refractivity contribution in [2.45, 2.75) is 23.6 Å². The van der Waals surface area contributed by atoms with Crippen molar-refractivity contribution >= 4 is 51.1 Å². The van der Waals surface area contributed by atoms with Gasteiger partial charge in [0.05, 0.1) is 17.7 Å². The van der Waals surface area contributed by atoms with E-state index in [9.17, 15) is 26.6 Å². The number of halogens is 4. The van der Waals surface area contributed by atoms with Gasteiger partial charge >= 0.3 is 19.2 Å². The van der Waals surface area contributed by atoms with E-state index in [0.717, 1.165) is 22.5 Å². The van der Waals surface area contributed by atoms with Crippen LogP contribution in [-0.2, 0) is 38.1 Å². The number of methoxy groups -OCH3 is 1. The summed E-state index contributed by atoms with van der Waals surface area (Å²) in [7, 11) is -8.79. The minimum Gasteiger partial charge on any atom is -0.465 e. The molecule has 3 rings (SSSR count). The Morgan fingerprint density at radius 3 is 2.16 bits per heavy atom.